The highest BCUT2D eigenvalue weighted by molar-refractivity contribution is 7.91. The maximum Gasteiger partial charge on any atom is 0.417 e. The summed E-state index contributed by atoms with van der Waals surface area (Å²) in [5.41, 5.74) is -0.830. The lowest BCUT2D eigenvalue weighted by atomic mass is 10.00. The lowest BCUT2D eigenvalue weighted by Gasteiger charge is -2.14. The zero-order chi connectivity index (χ0) is 34.2. The van der Waals surface area contributed by atoms with Gasteiger partial charge in [0.05, 0.1) is 53.4 Å². The fraction of sp³-hybridized carbons (Fsp3) is 0.160. The average molecular weight is 677 g/mol. The molecule has 3 heterocycles. The number of alkyl halides is 6. The molecule has 2 aromatic carbocycles. The molecule has 3 aromatic heterocycles. The lowest BCUT2D eigenvalue weighted by molar-refractivity contribution is -0.137. The topological polar surface area (TPSA) is 205 Å². The number of aromatic amines is 1. The number of hydrogen-bond acceptors (Lipinski definition) is 11. The number of ether oxygens (including phenoxy) is 1. The van der Waals surface area contributed by atoms with Gasteiger partial charge in [0.15, 0.2) is 24.3 Å². The Hall–Kier alpha value is -5.60. The van der Waals surface area contributed by atoms with Crippen LogP contribution in [0.2, 0.25) is 0 Å². The zero-order valence-corrected chi connectivity index (χ0v) is 23.8. The van der Waals surface area contributed by atoms with Crippen molar-refractivity contribution < 1.29 is 53.1 Å². The predicted octanol–water partition coefficient (Wildman–Crippen LogP) is 3.60. The van der Waals surface area contributed by atoms with E-state index < -0.39 is 61.8 Å². The van der Waals surface area contributed by atoms with Crippen LogP contribution in [0.15, 0.2) is 67.9 Å². The quantitative estimate of drug-likeness (QED) is 0.139. The first-order valence-electron chi connectivity index (χ1n) is 12.1. The molecule has 0 saturated heterocycles. The van der Waals surface area contributed by atoms with Crippen LogP contribution in [0, 0.1) is 0 Å². The number of nitrogens with zero attached hydrogens (tertiary/aromatic N) is 3. The molecule has 0 radical (unpaired) electrons. The number of rotatable bonds is 5. The molecule has 0 fully saturated rings. The van der Waals surface area contributed by atoms with E-state index in [0.717, 1.165) is 44.4 Å². The summed E-state index contributed by atoms with van der Waals surface area (Å²) in [6.07, 6.45) is -4.72. The number of nitrogen functional groups attached to an aromatic ring is 1. The van der Waals surface area contributed by atoms with Crippen molar-refractivity contribution in [3.63, 3.8) is 0 Å². The van der Waals surface area contributed by atoms with Gasteiger partial charge in [-0.25, -0.2) is 32.8 Å². The fourth-order valence-electron chi connectivity index (χ4n) is 3.99. The van der Waals surface area contributed by atoms with Crippen molar-refractivity contribution in [2.24, 2.45) is 0 Å². The monoisotopic (exact) mass is 676 g/mol. The predicted molar refractivity (Wildman–Crippen MR) is 146 cm³/mol. The van der Waals surface area contributed by atoms with Gasteiger partial charge in [-0.05, 0) is 24.3 Å². The Bertz CT molecular complexity index is 2140. The Morgan fingerprint density at radius 3 is 1.91 bits per heavy atom. The highest BCUT2D eigenvalue weighted by Crippen LogP contribution is 2.40. The van der Waals surface area contributed by atoms with Gasteiger partial charge in [0.25, 0.3) is 5.56 Å². The van der Waals surface area contributed by atoms with Gasteiger partial charge in [-0.1, -0.05) is 0 Å². The van der Waals surface area contributed by atoms with Gasteiger partial charge < -0.3 is 24.3 Å². The summed E-state index contributed by atoms with van der Waals surface area (Å²) in [4.78, 5) is 46.6. The van der Waals surface area contributed by atoms with Crippen molar-refractivity contribution in [2.75, 3.05) is 23.9 Å². The van der Waals surface area contributed by atoms with Gasteiger partial charge in [0, 0.05) is 16.8 Å². The van der Waals surface area contributed by atoms with E-state index in [4.69, 9.17) is 14.6 Å². The average Bonchev–Trinajstić information content (AvgIpc) is 3.68. The number of esters is 1. The van der Waals surface area contributed by atoms with E-state index in [9.17, 15) is 49.1 Å². The largest absolute Gasteiger partial charge is 0.465 e. The first-order valence-corrected chi connectivity index (χ1v) is 14.0. The number of sulfonamides is 1. The minimum Gasteiger partial charge on any atom is -0.465 e. The van der Waals surface area contributed by atoms with Crippen molar-refractivity contribution in [1.29, 1.82) is 0 Å². The number of nitrogens with one attached hydrogen (secondary N) is 2. The van der Waals surface area contributed by atoms with Crippen LogP contribution in [0.1, 0.15) is 21.5 Å². The molecule has 0 saturated carbocycles. The number of carbonyl (C=O) groups is 1. The molecule has 0 spiro atoms. The summed E-state index contributed by atoms with van der Waals surface area (Å²) in [7, 11) is -2.89. The summed E-state index contributed by atoms with van der Waals surface area (Å²) in [5.74, 6) is -1.22. The summed E-state index contributed by atoms with van der Waals surface area (Å²) in [6.45, 7) is 0. The summed E-state index contributed by atoms with van der Waals surface area (Å²) >= 11 is 0. The maximum atomic E-state index is 13.3. The number of carbonyl (C=O) groups excluding carboxylic acids is 1. The summed E-state index contributed by atoms with van der Waals surface area (Å²) in [5, 5.41) is -0.361. The third-order valence-electron chi connectivity index (χ3n) is 5.89. The second kappa shape index (κ2) is 12.1. The van der Waals surface area contributed by atoms with Gasteiger partial charge in [-0.3, -0.25) is 4.79 Å². The molecule has 0 aliphatic heterocycles. The van der Waals surface area contributed by atoms with E-state index >= 15 is 0 Å². The Balaban J connectivity index is 0.000000216. The number of oxazole rings is 2. The van der Waals surface area contributed by atoms with Crippen molar-refractivity contribution in [3.8, 4) is 22.6 Å². The molecule has 5 rings (SSSR count). The van der Waals surface area contributed by atoms with Crippen LogP contribution in [-0.4, -0.2) is 47.4 Å². The smallest absolute Gasteiger partial charge is 0.417 e. The molecule has 0 atom stereocenters. The Labute approximate surface area is 251 Å². The second-order valence-corrected chi connectivity index (χ2v) is 10.8. The number of anilines is 1. The molecule has 0 bridgehead atoms. The standard InChI is InChI=1S/C13H9F3N4O5S.C12H9F3N2O3/c1-26(23,24)19-20-11(21)7-2-6(10-4-17-5-25-10)8(13(14,15)16)3-9(7)18-12(20)22;1-19-11(18)7-2-6(10-4-17-5-20-10)8(3-9(7)16)12(13,14)15/h2-5,19H,1H3,(H,18,22);2-5H,16H2,1H3. The first-order chi connectivity index (χ1) is 21.3. The fourth-order valence-corrected chi connectivity index (χ4v) is 4.49. The van der Waals surface area contributed by atoms with Crippen molar-refractivity contribution >= 4 is 32.6 Å². The first kappa shape index (κ1) is 33.3. The van der Waals surface area contributed by atoms with Gasteiger partial charge in [0.2, 0.25) is 10.0 Å². The van der Waals surface area contributed by atoms with Crippen LogP contribution in [-0.2, 0) is 27.1 Å². The minimum atomic E-state index is -4.81. The highest BCUT2D eigenvalue weighted by atomic mass is 32.2. The summed E-state index contributed by atoms with van der Waals surface area (Å²) < 4.78 is 116. The Morgan fingerprint density at radius 2 is 1.46 bits per heavy atom. The summed E-state index contributed by atoms with van der Waals surface area (Å²) in [6, 6.07) is 3.06. The molecule has 21 heteroatoms. The molecule has 0 amide bonds. The van der Waals surface area contributed by atoms with Crippen molar-refractivity contribution in [3.05, 3.63) is 87.0 Å². The molecule has 5 aromatic rings. The third-order valence-corrected chi connectivity index (χ3v) is 6.41. The number of H-pyrrole nitrogens is 1. The number of halogens is 6. The van der Waals surface area contributed by atoms with Crippen LogP contribution in [0.25, 0.3) is 33.6 Å². The highest BCUT2D eigenvalue weighted by Gasteiger charge is 2.37. The van der Waals surface area contributed by atoms with Crippen molar-refractivity contribution in [1.82, 2.24) is 19.6 Å². The number of fused-ring (bicyclic) bond motifs is 1. The lowest BCUT2D eigenvalue weighted by Crippen LogP contribution is -2.43. The van der Waals surface area contributed by atoms with E-state index in [-0.39, 0.29) is 38.4 Å². The maximum absolute atomic E-state index is 13.3. The van der Waals surface area contributed by atoms with E-state index in [1.807, 2.05) is 4.98 Å². The van der Waals surface area contributed by atoms with Gasteiger partial charge in [-0.2, -0.15) is 31.0 Å². The molecule has 0 aliphatic rings. The van der Waals surface area contributed by atoms with Crippen LogP contribution < -0.4 is 21.8 Å². The van der Waals surface area contributed by atoms with Crippen LogP contribution >= 0.6 is 0 Å². The molecule has 4 N–H and O–H groups in total. The Kier molecular flexibility index (Phi) is 8.73. The van der Waals surface area contributed by atoms with E-state index in [1.165, 1.54) is 0 Å². The molecule has 244 valence electrons. The molecule has 0 aliphatic carbocycles. The molecule has 14 nitrogen and oxygen atoms in total. The SMILES string of the molecule is COC(=O)c1cc(-c2cnco2)c(C(F)(F)F)cc1N.CS(=O)(=O)Nn1c(=O)[nH]c2cc(C(F)(F)F)c(-c3cnco3)cc2c1=O. The van der Waals surface area contributed by atoms with E-state index in [2.05, 4.69) is 14.7 Å². The minimum absolute atomic E-state index is 0.123. The number of benzene rings is 2. The zero-order valence-electron chi connectivity index (χ0n) is 23.0. The second-order valence-electron chi connectivity index (χ2n) is 9.08. The van der Waals surface area contributed by atoms with E-state index in [0.29, 0.717) is 18.4 Å². The van der Waals surface area contributed by atoms with E-state index in [1.54, 1.807) is 4.83 Å². The normalized spacial score (nSPS) is 12.0. The van der Waals surface area contributed by atoms with Gasteiger partial charge >= 0.3 is 24.0 Å². The molecule has 46 heavy (non-hydrogen) atoms. The van der Waals surface area contributed by atoms with Gasteiger partial charge in [0.1, 0.15) is 0 Å². The van der Waals surface area contributed by atoms with Crippen LogP contribution in [0.5, 0.6) is 0 Å². The van der Waals surface area contributed by atoms with Gasteiger partial charge in [-0.15, -0.1) is 0 Å². The third kappa shape index (κ3) is 7.03. The number of hydrogen-bond donors (Lipinski definition) is 3. The van der Waals surface area contributed by atoms with Crippen molar-refractivity contribution in [2.45, 2.75) is 12.4 Å². The number of nitrogens with two attached hydrogens (primary N) is 1. The van der Waals surface area contributed by atoms with Crippen LogP contribution in [0.3, 0.4) is 0 Å². The molecular weight excluding hydrogens is 658 g/mol. The Morgan fingerprint density at radius 1 is 0.935 bits per heavy atom. The molecular formula is C25H18F6N6O8S. The van der Waals surface area contributed by atoms with Crippen LogP contribution in [0.4, 0.5) is 32.0 Å². The number of methoxy groups -OCH3 is 1. The molecule has 0 unspecified atom stereocenters. The number of aromatic nitrogens is 4.